The second kappa shape index (κ2) is 5.30. The summed E-state index contributed by atoms with van der Waals surface area (Å²) in [6.45, 7) is 0.175. The molecular weight excluding hydrogens is 255 g/mol. The van der Waals surface area contributed by atoms with Crippen LogP contribution in [0.2, 0.25) is 0 Å². The van der Waals surface area contributed by atoms with Crippen molar-refractivity contribution in [2.75, 3.05) is 6.16 Å². The minimum absolute atomic E-state index is 0.175. The fraction of sp³-hybridized carbons (Fsp3) is 0.200. The van der Waals surface area contributed by atoms with Crippen LogP contribution in [0.15, 0.2) is 37.1 Å². The molecule has 2 heterocycles. The quantitative estimate of drug-likeness (QED) is 0.597. The monoisotopic (exact) mass is 267 g/mol. The third-order valence-electron chi connectivity index (χ3n) is 2.27. The van der Waals surface area contributed by atoms with Crippen LogP contribution in [0.3, 0.4) is 0 Å². The SMILES string of the molecule is O=P(O)(O)CC[n+]1ccc(-c2ccncn2)cn1. The molecule has 0 amide bonds. The van der Waals surface area contributed by atoms with E-state index in [0.717, 1.165) is 11.3 Å². The second-order valence-corrected chi connectivity index (χ2v) is 5.44. The van der Waals surface area contributed by atoms with Gasteiger partial charge in [-0.3, -0.25) is 4.57 Å². The van der Waals surface area contributed by atoms with Gasteiger partial charge in [-0.1, -0.05) is 4.68 Å². The first-order valence-electron chi connectivity index (χ1n) is 5.21. The van der Waals surface area contributed by atoms with Crippen molar-refractivity contribution in [1.82, 2.24) is 15.1 Å². The van der Waals surface area contributed by atoms with E-state index >= 15 is 0 Å². The second-order valence-electron chi connectivity index (χ2n) is 3.66. The summed E-state index contributed by atoms with van der Waals surface area (Å²) in [5.41, 5.74) is 1.57. The predicted molar refractivity (Wildman–Crippen MR) is 62.4 cm³/mol. The standard InChI is InChI=1S/C10H11N4O3P/c15-18(16,17)6-5-14-4-2-9(7-13-14)10-1-3-11-8-12-10/h1-4,7-8H,5-6H2,(H-,15,16,17)/p+1. The Morgan fingerprint density at radius 3 is 2.72 bits per heavy atom. The number of hydrogen-bond donors (Lipinski definition) is 2. The van der Waals surface area contributed by atoms with Crippen molar-refractivity contribution in [1.29, 1.82) is 0 Å². The molecule has 0 bridgehead atoms. The number of aromatic nitrogens is 4. The lowest BCUT2D eigenvalue weighted by molar-refractivity contribution is -0.750. The Morgan fingerprint density at radius 1 is 1.33 bits per heavy atom. The Labute approximate surface area is 103 Å². The maximum atomic E-state index is 10.7. The molecule has 2 aromatic heterocycles. The van der Waals surface area contributed by atoms with E-state index in [1.165, 1.54) is 11.0 Å². The van der Waals surface area contributed by atoms with Gasteiger partial charge in [-0.05, 0) is 11.2 Å². The van der Waals surface area contributed by atoms with E-state index < -0.39 is 7.60 Å². The van der Waals surface area contributed by atoms with E-state index in [4.69, 9.17) is 9.79 Å². The summed E-state index contributed by atoms with van der Waals surface area (Å²) in [4.78, 5) is 25.4. The minimum atomic E-state index is -3.98. The van der Waals surface area contributed by atoms with Crippen LogP contribution in [-0.2, 0) is 11.1 Å². The molecule has 0 atom stereocenters. The normalized spacial score (nSPS) is 11.4. The third-order valence-corrected chi connectivity index (χ3v) is 3.05. The molecular formula is C10H12N4O3P+. The van der Waals surface area contributed by atoms with Gasteiger partial charge in [0.25, 0.3) is 0 Å². The fourth-order valence-electron chi connectivity index (χ4n) is 1.36. The summed E-state index contributed by atoms with van der Waals surface area (Å²) < 4.78 is 12.2. The Morgan fingerprint density at radius 2 is 2.17 bits per heavy atom. The van der Waals surface area contributed by atoms with Crippen molar-refractivity contribution >= 4 is 7.60 Å². The van der Waals surface area contributed by atoms with Crippen LogP contribution in [0.4, 0.5) is 0 Å². The lowest BCUT2D eigenvalue weighted by Crippen LogP contribution is -2.38. The van der Waals surface area contributed by atoms with Crippen molar-refractivity contribution in [3.05, 3.63) is 37.1 Å². The Balaban J connectivity index is 2.09. The summed E-state index contributed by atoms with van der Waals surface area (Å²) in [5, 5.41) is 4.07. The summed E-state index contributed by atoms with van der Waals surface area (Å²) in [6.07, 6.45) is 6.12. The molecule has 0 unspecified atom stereocenters. The van der Waals surface area contributed by atoms with Crippen LogP contribution in [0.25, 0.3) is 11.3 Å². The van der Waals surface area contributed by atoms with Crippen LogP contribution in [0.5, 0.6) is 0 Å². The highest BCUT2D eigenvalue weighted by molar-refractivity contribution is 7.51. The fourth-order valence-corrected chi connectivity index (χ4v) is 1.83. The van der Waals surface area contributed by atoms with Crippen molar-refractivity contribution in [3.8, 4) is 11.3 Å². The zero-order valence-corrected chi connectivity index (χ0v) is 10.3. The summed E-state index contributed by atoms with van der Waals surface area (Å²) in [6, 6.07) is 3.55. The molecule has 0 saturated heterocycles. The third kappa shape index (κ3) is 3.66. The van der Waals surface area contributed by atoms with Crippen molar-refractivity contribution in [3.63, 3.8) is 0 Å². The zero-order chi connectivity index (χ0) is 13.0. The van der Waals surface area contributed by atoms with Gasteiger partial charge in [0.1, 0.15) is 18.7 Å². The molecule has 2 aromatic rings. The molecule has 0 aliphatic rings. The van der Waals surface area contributed by atoms with Gasteiger partial charge in [0, 0.05) is 17.8 Å². The maximum Gasteiger partial charge on any atom is 0.332 e. The van der Waals surface area contributed by atoms with E-state index in [0.29, 0.717) is 0 Å². The van der Waals surface area contributed by atoms with E-state index in [-0.39, 0.29) is 12.7 Å². The molecule has 7 nitrogen and oxygen atoms in total. The first-order valence-corrected chi connectivity index (χ1v) is 7.01. The smallest absolute Gasteiger partial charge is 0.324 e. The molecule has 2 N–H and O–H groups in total. The maximum absolute atomic E-state index is 10.7. The van der Waals surface area contributed by atoms with Gasteiger partial charge < -0.3 is 9.79 Å². The van der Waals surface area contributed by atoms with Crippen molar-refractivity contribution in [2.24, 2.45) is 0 Å². The highest BCUT2D eigenvalue weighted by atomic mass is 31.2. The van der Waals surface area contributed by atoms with Gasteiger partial charge in [-0.15, -0.1) is 0 Å². The zero-order valence-electron chi connectivity index (χ0n) is 9.42. The van der Waals surface area contributed by atoms with Crippen LogP contribution >= 0.6 is 7.60 Å². The topological polar surface area (TPSA) is 100 Å². The first-order chi connectivity index (χ1) is 8.54. The molecule has 8 heteroatoms. The molecule has 94 valence electrons. The molecule has 0 fully saturated rings. The number of rotatable bonds is 4. The Bertz CT molecular complexity index is 555. The average molecular weight is 267 g/mol. The van der Waals surface area contributed by atoms with Gasteiger partial charge in [-0.25, -0.2) is 9.97 Å². The van der Waals surface area contributed by atoms with Crippen LogP contribution < -0.4 is 4.68 Å². The van der Waals surface area contributed by atoms with Crippen molar-refractivity contribution < 1.29 is 19.0 Å². The van der Waals surface area contributed by atoms with E-state index in [1.807, 2.05) is 0 Å². The average Bonchev–Trinajstić information content (AvgIpc) is 2.37. The highest BCUT2D eigenvalue weighted by Crippen LogP contribution is 2.33. The van der Waals surface area contributed by atoms with E-state index in [9.17, 15) is 4.57 Å². The highest BCUT2D eigenvalue weighted by Gasteiger charge is 2.16. The molecule has 0 spiro atoms. The Kier molecular flexibility index (Phi) is 3.76. The van der Waals surface area contributed by atoms with Gasteiger partial charge in [0.15, 0.2) is 12.7 Å². The molecule has 0 aromatic carbocycles. The summed E-state index contributed by atoms with van der Waals surface area (Å²) in [5.74, 6) is 0. The molecule has 0 aliphatic heterocycles. The lowest BCUT2D eigenvalue weighted by Gasteiger charge is -2.00. The molecule has 0 saturated carbocycles. The van der Waals surface area contributed by atoms with Gasteiger partial charge in [0.2, 0.25) is 0 Å². The number of nitrogens with zero attached hydrogens (tertiary/aromatic N) is 4. The van der Waals surface area contributed by atoms with Gasteiger partial charge >= 0.3 is 7.60 Å². The lowest BCUT2D eigenvalue weighted by atomic mass is 10.2. The van der Waals surface area contributed by atoms with E-state index in [2.05, 4.69) is 15.1 Å². The summed E-state index contributed by atoms with van der Waals surface area (Å²) in [7, 11) is -3.98. The van der Waals surface area contributed by atoms with Gasteiger partial charge in [0.05, 0.1) is 5.69 Å². The number of hydrogen-bond acceptors (Lipinski definition) is 4. The molecule has 0 radical (unpaired) electrons. The summed E-state index contributed by atoms with van der Waals surface area (Å²) >= 11 is 0. The van der Waals surface area contributed by atoms with E-state index in [1.54, 1.807) is 30.7 Å². The van der Waals surface area contributed by atoms with Crippen LogP contribution in [0, 0.1) is 0 Å². The van der Waals surface area contributed by atoms with Crippen molar-refractivity contribution in [2.45, 2.75) is 6.54 Å². The van der Waals surface area contributed by atoms with Gasteiger partial charge in [-0.2, -0.15) is 0 Å². The Hall–Kier alpha value is -1.69. The molecule has 18 heavy (non-hydrogen) atoms. The minimum Gasteiger partial charge on any atom is -0.324 e. The van der Waals surface area contributed by atoms with Crippen LogP contribution in [-0.4, -0.2) is 31.0 Å². The molecule has 0 aliphatic carbocycles. The largest absolute Gasteiger partial charge is 0.332 e. The van der Waals surface area contributed by atoms with Crippen LogP contribution in [0.1, 0.15) is 0 Å². The first kappa shape index (κ1) is 12.8. The predicted octanol–water partition coefficient (Wildman–Crippen LogP) is 0.00380. The number of aryl methyl sites for hydroxylation is 1. The molecule has 2 rings (SSSR count).